The van der Waals surface area contributed by atoms with Crippen LogP contribution < -0.4 is 11.1 Å². The van der Waals surface area contributed by atoms with E-state index in [4.69, 9.17) is 5.73 Å². The Balaban J connectivity index is 2.08. The van der Waals surface area contributed by atoms with Crippen LogP contribution in [-0.4, -0.2) is 52.5 Å². The molecule has 1 saturated heterocycles. The maximum atomic E-state index is 12.5. The number of rotatable bonds is 5. The molecule has 1 aliphatic heterocycles. The Kier molecular flexibility index (Phi) is 5.56. The van der Waals surface area contributed by atoms with E-state index in [1.54, 1.807) is 0 Å². The summed E-state index contributed by atoms with van der Waals surface area (Å²) in [4.78, 5) is 37.1. The summed E-state index contributed by atoms with van der Waals surface area (Å²) in [6.45, 7) is 3.40. The second kappa shape index (κ2) is 7.44. The van der Waals surface area contributed by atoms with Crippen molar-refractivity contribution in [1.82, 2.24) is 10.2 Å². The summed E-state index contributed by atoms with van der Waals surface area (Å²) in [6.07, 6.45) is -0.312. The van der Waals surface area contributed by atoms with Crippen molar-refractivity contribution in [2.24, 2.45) is 5.73 Å². The second-order valence-electron chi connectivity index (χ2n) is 6.23. The maximum Gasteiger partial charge on any atom is 0.243 e. The molecule has 130 valence electrons. The normalized spacial score (nSPS) is 21.4. The SMILES string of the molecule is CC(=O)N1C[C@H](O)C[C@H]1C(=O)N[C@H](Cc1cccc(C)c1)C(N)=O. The number of hydrogen-bond acceptors (Lipinski definition) is 4. The van der Waals surface area contributed by atoms with Crippen LogP contribution in [0.25, 0.3) is 0 Å². The number of carbonyl (C=O) groups excluding carboxylic acids is 3. The lowest BCUT2D eigenvalue weighted by Gasteiger charge is -2.24. The van der Waals surface area contributed by atoms with Crippen molar-refractivity contribution < 1.29 is 19.5 Å². The zero-order valence-corrected chi connectivity index (χ0v) is 13.9. The Labute approximate surface area is 140 Å². The molecule has 0 bridgehead atoms. The number of nitrogens with one attached hydrogen (secondary N) is 1. The number of carbonyl (C=O) groups is 3. The highest BCUT2D eigenvalue weighted by Gasteiger charge is 2.38. The van der Waals surface area contributed by atoms with E-state index in [0.29, 0.717) is 0 Å². The van der Waals surface area contributed by atoms with Gasteiger partial charge in [0.1, 0.15) is 12.1 Å². The van der Waals surface area contributed by atoms with E-state index in [1.807, 2.05) is 31.2 Å². The van der Waals surface area contributed by atoms with E-state index in [-0.39, 0.29) is 25.3 Å². The Bertz CT molecular complexity index is 646. The van der Waals surface area contributed by atoms with Gasteiger partial charge in [0.05, 0.1) is 6.10 Å². The molecule has 1 aromatic carbocycles. The van der Waals surface area contributed by atoms with Crippen LogP contribution in [0.2, 0.25) is 0 Å². The summed E-state index contributed by atoms with van der Waals surface area (Å²) >= 11 is 0. The van der Waals surface area contributed by atoms with Crippen molar-refractivity contribution in [2.45, 2.75) is 44.9 Å². The Hall–Kier alpha value is -2.41. The number of primary amides is 1. The van der Waals surface area contributed by atoms with E-state index in [1.165, 1.54) is 11.8 Å². The van der Waals surface area contributed by atoms with E-state index in [0.717, 1.165) is 11.1 Å². The number of likely N-dealkylation sites (tertiary alicyclic amines) is 1. The number of hydrogen-bond donors (Lipinski definition) is 3. The van der Waals surface area contributed by atoms with Gasteiger partial charge in [0, 0.05) is 26.3 Å². The van der Waals surface area contributed by atoms with Gasteiger partial charge < -0.3 is 21.1 Å². The molecule has 7 nitrogen and oxygen atoms in total. The number of amides is 3. The minimum absolute atomic E-state index is 0.118. The van der Waals surface area contributed by atoms with Gasteiger partial charge >= 0.3 is 0 Å². The van der Waals surface area contributed by atoms with Crippen LogP contribution in [0.5, 0.6) is 0 Å². The third-order valence-electron chi connectivity index (χ3n) is 4.17. The quantitative estimate of drug-likeness (QED) is 0.673. The fourth-order valence-corrected chi connectivity index (χ4v) is 2.98. The number of aliphatic hydroxyl groups is 1. The first-order valence-electron chi connectivity index (χ1n) is 7.88. The van der Waals surface area contributed by atoms with Gasteiger partial charge in [-0.1, -0.05) is 29.8 Å². The molecular weight excluding hydrogens is 310 g/mol. The standard InChI is InChI=1S/C17H23N3O4/c1-10-4-3-5-12(6-10)7-14(16(18)23)19-17(24)15-8-13(22)9-20(15)11(2)21/h3-6,13-15,22H,7-9H2,1-2H3,(H2,18,23)(H,19,24)/t13-,14-,15+/m1/s1. The maximum absolute atomic E-state index is 12.5. The van der Waals surface area contributed by atoms with E-state index in [9.17, 15) is 19.5 Å². The van der Waals surface area contributed by atoms with E-state index >= 15 is 0 Å². The molecule has 1 aromatic rings. The molecule has 1 aliphatic rings. The Morgan fingerprint density at radius 3 is 2.71 bits per heavy atom. The molecule has 0 aliphatic carbocycles. The van der Waals surface area contributed by atoms with Crippen LogP contribution in [0.3, 0.4) is 0 Å². The second-order valence-corrected chi connectivity index (χ2v) is 6.23. The van der Waals surface area contributed by atoms with Crippen molar-refractivity contribution in [3.05, 3.63) is 35.4 Å². The molecule has 24 heavy (non-hydrogen) atoms. The van der Waals surface area contributed by atoms with Crippen LogP contribution in [0.15, 0.2) is 24.3 Å². The number of benzene rings is 1. The summed E-state index contributed by atoms with van der Waals surface area (Å²) in [5.41, 5.74) is 7.34. The predicted octanol–water partition coefficient (Wildman–Crippen LogP) is -0.511. The fraction of sp³-hybridized carbons (Fsp3) is 0.471. The molecule has 0 unspecified atom stereocenters. The predicted molar refractivity (Wildman–Crippen MR) is 87.8 cm³/mol. The highest BCUT2D eigenvalue weighted by molar-refractivity contribution is 5.91. The van der Waals surface area contributed by atoms with E-state index in [2.05, 4.69) is 5.32 Å². The lowest BCUT2D eigenvalue weighted by molar-refractivity contribution is -0.138. The van der Waals surface area contributed by atoms with Gasteiger partial charge in [-0.3, -0.25) is 14.4 Å². The number of β-amino-alcohol motifs (C(OH)–C–C–N with tert-alkyl or cyclic N) is 1. The third kappa shape index (κ3) is 4.32. The van der Waals surface area contributed by atoms with Crippen molar-refractivity contribution in [3.63, 3.8) is 0 Å². The van der Waals surface area contributed by atoms with Gasteiger partial charge in [-0.05, 0) is 12.5 Å². The molecule has 0 saturated carbocycles. The molecule has 0 aromatic heterocycles. The van der Waals surface area contributed by atoms with Crippen LogP contribution >= 0.6 is 0 Å². The first-order valence-corrected chi connectivity index (χ1v) is 7.88. The van der Waals surface area contributed by atoms with Gasteiger partial charge in [-0.2, -0.15) is 0 Å². The molecule has 3 atom stereocenters. The van der Waals surface area contributed by atoms with Crippen LogP contribution in [0, 0.1) is 6.92 Å². The smallest absolute Gasteiger partial charge is 0.243 e. The lowest BCUT2D eigenvalue weighted by atomic mass is 10.0. The number of nitrogens with zero attached hydrogens (tertiary/aromatic N) is 1. The minimum atomic E-state index is -0.870. The Morgan fingerprint density at radius 1 is 1.42 bits per heavy atom. The monoisotopic (exact) mass is 333 g/mol. The van der Waals surface area contributed by atoms with Crippen LogP contribution in [0.4, 0.5) is 0 Å². The van der Waals surface area contributed by atoms with Gasteiger partial charge in [0.2, 0.25) is 17.7 Å². The molecule has 4 N–H and O–H groups in total. The van der Waals surface area contributed by atoms with Crippen LogP contribution in [0.1, 0.15) is 24.5 Å². The molecule has 0 spiro atoms. The molecule has 1 fully saturated rings. The summed E-state index contributed by atoms with van der Waals surface area (Å²) in [6, 6.07) is 5.93. The average Bonchev–Trinajstić information content (AvgIpc) is 2.89. The summed E-state index contributed by atoms with van der Waals surface area (Å²) in [5.74, 6) is -1.41. The number of aliphatic hydroxyl groups excluding tert-OH is 1. The average molecular weight is 333 g/mol. The van der Waals surface area contributed by atoms with Gasteiger partial charge in [0.25, 0.3) is 0 Å². The first-order chi connectivity index (χ1) is 11.3. The zero-order valence-electron chi connectivity index (χ0n) is 13.9. The van der Waals surface area contributed by atoms with Crippen molar-refractivity contribution >= 4 is 17.7 Å². The van der Waals surface area contributed by atoms with Gasteiger partial charge in [0.15, 0.2) is 0 Å². The molecule has 2 rings (SSSR count). The van der Waals surface area contributed by atoms with Crippen molar-refractivity contribution in [3.8, 4) is 0 Å². The highest BCUT2D eigenvalue weighted by atomic mass is 16.3. The molecule has 3 amide bonds. The summed E-state index contributed by atoms with van der Waals surface area (Å²) < 4.78 is 0. The number of nitrogens with two attached hydrogens (primary N) is 1. The van der Waals surface area contributed by atoms with E-state index < -0.39 is 30.0 Å². The topological polar surface area (TPSA) is 113 Å². The van der Waals surface area contributed by atoms with Crippen LogP contribution in [-0.2, 0) is 20.8 Å². The minimum Gasteiger partial charge on any atom is -0.391 e. The molecule has 7 heteroatoms. The molecule has 1 heterocycles. The van der Waals surface area contributed by atoms with Crippen molar-refractivity contribution in [2.75, 3.05) is 6.54 Å². The third-order valence-corrected chi connectivity index (χ3v) is 4.17. The summed E-state index contributed by atoms with van der Waals surface area (Å²) in [7, 11) is 0. The first kappa shape index (κ1) is 17.9. The largest absolute Gasteiger partial charge is 0.391 e. The Morgan fingerprint density at radius 2 is 2.12 bits per heavy atom. The fourth-order valence-electron chi connectivity index (χ4n) is 2.98. The van der Waals surface area contributed by atoms with Gasteiger partial charge in [-0.25, -0.2) is 0 Å². The molecule has 0 radical (unpaired) electrons. The van der Waals surface area contributed by atoms with Crippen molar-refractivity contribution in [1.29, 1.82) is 0 Å². The number of aryl methyl sites for hydroxylation is 1. The highest BCUT2D eigenvalue weighted by Crippen LogP contribution is 2.18. The summed E-state index contributed by atoms with van der Waals surface area (Å²) in [5, 5.41) is 12.3. The molecular formula is C17H23N3O4. The lowest BCUT2D eigenvalue weighted by Crippen LogP contribution is -2.52. The zero-order chi connectivity index (χ0) is 17.9. The van der Waals surface area contributed by atoms with Gasteiger partial charge in [-0.15, -0.1) is 0 Å².